The van der Waals surface area contributed by atoms with Crippen molar-refractivity contribution in [3.63, 3.8) is 0 Å². The van der Waals surface area contributed by atoms with Crippen molar-refractivity contribution in [1.82, 2.24) is 4.90 Å². The quantitative estimate of drug-likeness (QED) is 0.820. The van der Waals surface area contributed by atoms with Crippen LogP contribution in [0.25, 0.3) is 0 Å². The molecule has 1 heterocycles. The first-order valence-corrected chi connectivity index (χ1v) is 7.59. The summed E-state index contributed by atoms with van der Waals surface area (Å²) in [5.74, 6) is 1.47. The maximum atomic E-state index is 12.3. The summed E-state index contributed by atoms with van der Waals surface area (Å²) in [4.78, 5) is 14.3. The molecule has 0 aliphatic carbocycles. The normalized spacial score (nSPS) is 22.9. The molecular weight excluding hydrogens is 224 g/mol. The van der Waals surface area contributed by atoms with E-state index in [2.05, 4.69) is 20.8 Å². The van der Waals surface area contributed by atoms with Gasteiger partial charge in [0.2, 0.25) is 5.91 Å². The van der Waals surface area contributed by atoms with E-state index in [1.807, 2.05) is 4.90 Å². The second-order valence-electron chi connectivity index (χ2n) is 6.15. The van der Waals surface area contributed by atoms with Crippen molar-refractivity contribution in [2.24, 2.45) is 17.6 Å². The summed E-state index contributed by atoms with van der Waals surface area (Å²) >= 11 is 0. The molecule has 1 aliphatic heterocycles. The first kappa shape index (κ1) is 15.5. The van der Waals surface area contributed by atoms with Crippen LogP contribution in [0.15, 0.2) is 0 Å². The number of nitrogens with two attached hydrogens (primary N) is 1. The maximum absolute atomic E-state index is 12.3. The van der Waals surface area contributed by atoms with Crippen LogP contribution in [0.5, 0.6) is 0 Å². The van der Waals surface area contributed by atoms with Gasteiger partial charge in [-0.1, -0.05) is 33.6 Å². The molecule has 1 fully saturated rings. The average molecular weight is 254 g/mol. The van der Waals surface area contributed by atoms with Gasteiger partial charge in [-0.25, -0.2) is 0 Å². The Morgan fingerprint density at radius 2 is 2.06 bits per heavy atom. The molecule has 0 aromatic heterocycles. The second kappa shape index (κ2) is 7.78. The van der Waals surface area contributed by atoms with Crippen LogP contribution in [0.4, 0.5) is 0 Å². The molecule has 0 aromatic carbocycles. The molecule has 0 radical (unpaired) electrons. The molecule has 1 rings (SSSR count). The molecule has 18 heavy (non-hydrogen) atoms. The smallest absolute Gasteiger partial charge is 0.239 e. The van der Waals surface area contributed by atoms with E-state index < -0.39 is 0 Å². The van der Waals surface area contributed by atoms with Crippen LogP contribution in [-0.4, -0.2) is 29.9 Å². The van der Waals surface area contributed by atoms with Crippen LogP contribution in [0.1, 0.15) is 59.3 Å². The van der Waals surface area contributed by atoms with Crippen LogP contribution in [-0.2, 0) is 4.79 Å². The highest BCUT2D eigenvalue weighted by atomic mass is 16.2. The molecule has 0 spiro atoms. The highest BCUT2D eigenvalue weighted by Crippen LogP contribution is 2.22. The van der Waals surface area contributed by atoms with E-state index in [0.29, 0.717) is 5.92 Å². The molecule has 0 bridgehead atoms. The third-order valence-electron chi connectivity index (χ3n) is 3.90. The molecule has 106 valence electrons. The first-order valence-electron chi connectivity index (χ1n) is 7.59. The van der Waals surface area contributed by atoms with Gasteiger partial charge in [-0.15, -0.1) is 0 Å². The lowest BCUT2D eigenvalue weighted by Gasteiger charge is -2.25. The van der Waals surface area contributed by atoms with Crippen LogP contribution in [0, 0.1) is 11.8 Å². The molecular formula is C15H30N2O. The van der Waals surface area contributed by atoms with E-state index in [1.165, 1.54) is 19.3 Å². The van der Waals surface area contributed by atoms with E-state index in [9.17, 15) is 4.79 Å². The van der Waals surface area contributed by atoms with E-state index in [1.54, 1.807) is 0 Å². The largest absolute Gasteiger partial charge is 0.341 e. The zero-order chi connectivity index (χ0) is 13.5. The molecule has 0 saturated carbocycles. The topological polar surface area (TPSA) is 46.3 Å². The van der Waals surface area contributed by atoms with E-state index in [-0.39, 0.29) is 11.9 Å². The Kier molecular flexibility index (Phi) is 6.69. The summed E-state index contributed by atoms with van der Waals surface area (Å²) < 4.78 is 0. The van der Waals surface area contributed by atoms with Gasteiger partial charge in [-0.3, -0.25) is 4.79 Å². The molecule has 2 N–H and O–H groups in total. The number of likely N-dealkylation sites (tertiary alicyclic amines) is 1. The van der Waals surface area contributed by atoms with Crippen molar-refractivity contribution in [1.29, 1.82) is 0 Å². The number of amides is 1. The fourth-order valence-corrected chi connectivity index (χ4v) is 2.93. The molecule has 1 unspecified atom stereocenters. The monoisotopic (exact) mass is 254 g/mol. The number of carbonyl (C=O) groups excluding carboxylic acids is 1. The summed E-state index contributed by atoms with van der Waals surface area (Å²) in [7, 11) is 0. The number of carbonyl (C=O) groups is 1. The van der Waals surface area contributed by atoms with Gasteiger partial charge < -0.3 is 10.6 Å². The standard InChI is InChI=1S/C15H30N2O/c1-4-6-13-7-5-9-17(10-8-13)15(18)14(16)11-12(2)3/h12-14H,4-11,16H2,1-3H3/t13?,14-/m0/s1. The third-order valence-corrected chi connectivity index (χ3v) is 3.90. The van der Waals surface area contributed by atoms with Crippen molar-refractivity contribution in [3.05, 3.63) is 0 Å². The minimum Gasteiger partial charge on any atom is -0.341 e. The van der Waals surface area contributed by atoms with Crippen molar-refractivity contribution >= 4 is 5.91 Å². The van der Waals surface area contributed by atoms with E-state index in [0.717, 1.165) is 38.3 Å². The van der Waals surface area contributed by atoms with Gasteiger partial charge in [-0.05, 0) is 37.5 Å². The summed E-state index contributed by atoms with van der Waals surface area (Å²) in [5, 5.41) is 0. The minimum absolute atomic E-state index is 0.167. The van der Waals surface area contributed by atoms with Gasteiger partial charge in [-0.2, -0.15) is 0 Å². The molecule has 3 heteroatoms. The summed E-state index contributed by atoms with van der Waals surface area (Å²) in [6.45, 7) is 8.30. The van der Waals surface area contributed by atoms with E-state index >= 15 is 0 Å². The number of hydrogen-bond acceptors (Lipinski definition) is 2. The van der Waals surface area contributed by atoms with Gasteiger partial charge >= 0.3 is 0 Å². The SMILES string of the molecule is CCCC1CCCN(C(=O)[C@@H](N)CC(C)C)CC1. The van der Waals surface area contributed by atoms with Crippen molar-refractivity contribution in [3.8, 4) is 0 Å². The highest BCUT2D eigenvalue weighted by Gasteiger charge is 2.24. The average Bonchev–Trinajstić information content (AvgIpc) is 2.53. The second-order valence-corrected chi connectivity index (χ2v) is 6.15. The molecule has 2 atom stereocenters. The lowest BCUT2D eigenvalue weighted by atomic mass is 9.96. The van der Waals surface area contributed by atoms with Crippen LogP contribution in [0.3, 0.4) is 0 Å². The lowest BCUT2D eigenvalue weighted by molar-refractivity contribution is -0.132. The molecule has 3 nitrogen and oxygen atoms in total. The van der Waals surface area contributed by atoms with Crippen molar-refractivity contribution < 1.29 is 4.79 Å². The molecule has 1 amide bonds. The highest BCUT2D eigenvalue weighted by molar-refractivity contribution is 5.81. The molecule has 1 saturated heterocycles. The lowest BCUT2D eigenvalue weighted by Crippen LogP contribution is -2.44. The third kappa shape index (κ3) is 4.97. The van der Waals surface area contributed by atoms with Crippen LogP contribution >= 0.6 is 0 Å². The Labute approximate surface area is 112 Å². The van der Waals surface area contributed by atoms with Gasteiger partial charge in [0.15, 0.2) is 0 Å². The predicted molar refractivity (Wildman–Crippen MR) is 76.3 cm³/mol. The summed E-state index contributed by atoms with van der Waals surface area (Å²) in [6.07, 6.45) is 6.94. The summed E-state index contributed by atoms with van der Waals surface area (Å²) in [6, 6.07) is -0.298. The van der Waals surface area contributed by atoms with Crippen molar-refractivity contribution in [2.45, 2.75) is 65.3 Å². The zero-order valence-electron chi connectivity index (χ0n) is 12.3. The van der Waals surface area contributed by atoms with Gasteiger partial charge in [0.05, 0.1) is 6.04 Å². The molecule has 0 aromatic rings. The Balaban J connectivity index is 2.44. The van der Waals surface area contributed by atoms with Gasteiger partial charge in [0.25, 0.3) is 0 Å². The Bertz CT molecular complexity index is 253. The van der Waals surface area contributed by atoms with E-state index in [4.69, 9.17) is 5.73 Å². The zero-order valence-corrected chi connectivity index (χ0v) is 12.3. The van der Waals surface area contributed by atoms with Crippen LogP contribution < -0.4 is 5.73 Å². The number of rotatable bonds is 5. The summed E-state index contributed by atoms with van der Waals surface area (Å²) in [5.41, 5.74) is 6.00. The van der Waals surface area contributed by atoms with Crippen molar-refractivity contribution in [2.75, 3.05) is 13.1 Å². The maximum Gasteiger partial charge on any atom is 0.239 e. The Hall–Kier alpha value is -0.570. The number of nitrogens with zero attached hydrogens (tertiary/aromatic N) is 1. The van der Waals surface area contributed by atoms with Gasteiger partial charge in [0.1, 0.15) is 0 Å². The fourth-order valence-electron chi connectivity index (χ4n) is 2.93. The Morgan fingerprint density at radius 1 is 1.33 bits per heavy atom. The van der Waals surface area contributed by atoms with Gasteiger partial charge in [0, 0.05) is 13.1 Å². The fraction of sp³-hybridized carbons (Fsp3) is 0.933. The Morgan fingerprint density at radius 3 is 2.67 bits per heavy atom. The molecule has 1 aliphatic rings. The predicted octanol–water partition coefficient (Wildman–Crippen LogP) is 2.79. The minimum atomic E-state index is -0.298. The number of hydrogen-bond donors (Lipinski definition) is 1. The first-order chi connectivity index (χ1) is 8.54. The van der Waals surface area contributed by atoms with Crippen LogP contribution in [0.2, 0.25) is 0 Å².